The second-order valence-electron chi connectivity index (χ2n) is 7.39. The minimum Gasteiger partial charge on any atom is -0.495 e. The first-order chi connectivity index (χ1) is 14.2. The number of carbonyl (C=O) groups is 1. The van der Waals surface area contributed by atoms with Crippen molar-refractivity contribution in [2.24, 2.45) is 0 Å². The molecule has 0 saturated carbocycles. The van der Waals surface area contributed by atoms with Crippen LogP contribution in [0.25, 0.3) is 11.1 Å². The first-order valence-corrected chi connectivity index (χ1v) is 11.1. The van der Waals surface area contributed by atoms with Crippen molar-refractivity contribution in [3.8, 4) is 16.9 Å². The predicted octanol–water partition coefficient (Wildman–Crippen LogP) is 4.35. The van der Waals surface area contributed by atoms with Gasteiger partial charge in [-0.15, -0.1) is 0 Å². The molecule has 0 aliphatic heterocycles. The highest BCUT2D eigenvalue weighted by Crippen LogP contribution is 2.32. The third kappa shape index (κ3) is 4.71. The number of benzene rings is 3. The minimum atomic E-state index is -3.64. The number of hydrogen-bond donors (Lipinski definition) is 0. The van der Waals surface area contributed by atoms with Gasteiger partial charge in [-0.25, -0.2) is 8.42 Å². The van der Waals surface area contributed by atoms with Gasteiger partial charge in [-0.2, -0.15) is 0 Å². The molecule has 3 aromatic rings. The molecule has 30 heavy (non-hydrogen) atoms. The first kappa shape index (κ1) is 21.6. The highest BCUT2D eigenvalue weighted by molar-refractivity contribution is 7.90. The summed E-state index contributed by atoms with van der Waals surface area (Å²) in [6.07, 6.45) is 0. The third-order valence-corrected chi connectivity index (χ3v) is 6.49. The van der Waals surface area contributed by atoms with Gasteiger partial charge in [0.2, 0.25) is 0 Å². The highest BCUT2D eigenvalue weighted by Gasteiger charge is 2.22. The molecule has 3 rings (SSSR count). The van der Waals surface area contributed by atoms with E-state index < -0.39 is 9.84 Å². The third-order valence-electron chi connectivity index (χ3n) is 4.79. The number of hydrogen-bond acceptors (Lipinski definition) is 4. The van der Waals surface area contributed by atoms with Gasteiger partial charge in [0.1, 0.15) is 10.6 Å². The van der Waals surface area contributed by atoms with Crippen LogP contribution in [0.1, 0.15) is 21.5 Å². The average molecular weight is 424 g/mol. The molecule has 1 amide bonds. The summed E-state index contributed by atoms with van der Waals surface area (Å²) in [6, 6.07) is 19.7. The average Bonchev–Trinajstić information content (AvgIpc) is 2.72. The fourth-order valence-electron chi connectivity index (χ4n) is 3.29. The molecule has 0 aliphatic rings. The lowest BCUT2D eigenvalue weighted by atomic mass is 10.0. The van der Waals surface area contributed by atoms with Gasteiger partial charge in [0, 0.05) is 19.7 Å². The van der Waals surface area contributed by atoms with Gasteiger partial charge < -0.3 is 9.64 Å². The number of aryl methyl sites for hydroxylation is 1. The van der Waals surface area contributed by atoms with E-state index in [2.05, 4.69) is 0 Å². The van der Waals surface area contributed by atoms with E-state index in [1.54, 1.807) is 56.6 Å². The van der Waals surface area contributed by atoms with Crippen molar-refractivity contribution in [2.75, 3.05) is 21.2 Å². The van der Waals surface area contributed by atoms with Crippen molar-refractivity contribution in [3.63, 3.8) is 0 Å². The molecular formula is C24H25NO4S. The van der Waals surface area contributed by atoms with Crippen LogP contribution in [0.3, 0.4) is 0 Å². The molecule has 0 heterocycles. The van der Waals surface area contributed by atoms with Gasteiger partial charge in [0.25, 0.3) is 5.91 Å². The summed E-state index contributed by atoms with van der Waals surface area (Å²) >= 11 is 0. The molecule has 0 unspecified atom stereocenters. The normalized spacial score (nSPS) is 11.2. The van der Waals surface area contributed by atoms with Crippen LogP contribution in [0, 0.1) is 6.92 Å². The molecule has 0 fully saturated rings. The largest absolute Gasteiger partial charge is 0.495 e. The molecule has 0 atom stereocenters. The first-order valence-electron chi connectivity index (χ1n) is 9.49. The van der Waals surface area contributed by atoms with Crippen LogP contribution in [-0.4, -0.2) is 40.4 Å². The zero-order valence-corrected chi connectivity index (χ0v) is 18.4. The molecule has 0 spiro atoms. The minimum absolute atomic E-state index is 0.113. The molecule has 0 bridgehead atoms. The number of nitrogens with zero attached hydrogens (tertiary/aromatic N) is 1. The van der Waals surface area contributed by atoms with Crippen LogP contribution < -0.4 is 4.74 Å². The Balaban J connectivity index is 2.04. The Bertz CT molecular complexity index is 1180. The zero-order valence-electron chi connectivity index (χ0n) is 17.5. The lowest BCUT2D eigenvalue weighted by molar-refractivity contribution is 0.0827. The number of amides is 1. The van der Waals surface area contributed by atoms with E-state index in [1.165, 1.54) is 12.0 Å². The van der Waals surface area contributed by atoms with Gasteiger partial charge in [-0.3, -0.25) is 4.79 Å². The Kier molecular flexibility index (Phi) is 6.27. The number of methoxy groups -OCH3 is 1. The van der Waals surface area contributed by atoms with Gasteiger partial charge in [0.05, 0.1) is 12.9 Å². The van der Waals surface area contributed by atoms with E-state index in [0.717, 1.165) is 16.7 Å². The summed E-state index contributed by atoms with van der Waals surface area (Å²) in [5.41, 5.74) is 3.73. The fourth-order valence-corrected chi connectivity index (χ4v) is 4.83. The van der Waals surface area contributed by atoms with Crippen molar-refractivity contribution in [1.82, 2.24) is 4.90 Å². The lowest BCUT2D eigenvalue weighted by Crippen LogP contribution is -2.21. The molecule has 0 saturated heterocycles. The van der Waals surface area contributed by atoms with Gasteiger partial charge in [-0.1, -0.05) is 48.0 Å². The maximum atomic E-state index is 13.2. The van der Waals surface area contributed by atoms with Gasteiger partial charge in [0.15, 0.2) is 9.84 Å². The van der Waals surface area contributed by atoms with Crippen LogP contribution in [0.5, 0.6) is 5.75 Å². The number of rotatable bonds is 6. The molecular weight excluding hydrogens is 398 g/mol. The fraction of sp³-hybridized carbons (Fsp3) is 0.208. The van der Waals surface area contributed by atoms with E-state index >= 15 is 0 Å². The van der Waals surface area contributed by atoms with E-state index in [1.807, 2.05) is 31.2 Å². The molecule has 3 aromatic carbocycles. The zero-order chi connectivity index (χ0) is 21.9. The number of ether oxygens (including phenoxy) is 1. The summed E-state index contributed by atoms with van der Waals surface area (Å²) in [6.45, 7) is 1.93. The standard InChI is InChI=1S/C24H25NO4S/c1-17-7-5-8-18(13-17)16-30(27,28)23-15-20(11-12-22(23)29-4)19-9-6-10-21(14-19)24(26)25(2)3/h5-15H,16H2,1-4H3. The maximum Gasteiger partial charge on any atom is 0.253 e. The van der Waals surface area contributed by atoms with Crippen molar-refractivity contribution in [3.05, 3.63) is 83.4 Å². The van der Waals surface area contributed by atoms with E-state index in [-0.39, 0.29) is 16.6 Å². The predicted molar refractivity (Wildman–Crippen MR) is 119 cm³/mol. The Morgan fingerprint density at radius 3 is 2.30 bits per heavy atom. The molecule has 0 aromatic heterocycles. The Morgan fingerprint density at radius 1 is 0.933 bits per heavy atom. The summed E-state index contributed by atoms with van der Waals surface area (Å²) in [7, 11) is 1.20. The van der Waals surface area contributed by atoms with Crippen LogP contribution in [0.2, 0.25) is 0 Å². The van der Waals surface area contributed by atoms with Crippen LogP contribution in [-0.2, 0) is 15.6 Å². The van der Waals surface area contributed by atoms with Crippen LogP contribution in [0.4, 0.5) is 0 Å². The smallest absolute Gasteiger partial charge is 0.253 e. The molecule has 156 valence electrons. The Hall–Kier alpha value is -3.12. The SMILES string of the molecule is COc1ccc(-c2cccc(C(=O)N(C)C)c2)cc1S(=O)(=O)Cc1cccc(C)c1. The van der Waals surface area contributed by atoms with Crippen molar-refractivity contribution in [1.29, 1.82) is 0 Å². The van der Waals surface area contributed by atoms with Crippen molar-refractivity contribution >= 4 is 15.7 Å². The highest BCUT2D eigenvalue weighted by atomic mass is 32.2. The van der Waals surface area contributed by atoms with Crippen LogP contribution in [0.15, 0.2) is 71.6 Å². The van der Waals surface area contributed by atoms with Gasteiger partial charge in [-0.05, 0) is 47.9 Å². The number of sulfone groups is 1. The topological polar surface area (TPSA) is 63.7 Å². The van der Waals surface area contributed by atoms with Crippen molar-refractivity contribution in [2.45, 2.75) is 17.6 Å². The number of carbonyl (C=O) groups excluding carboxylic acids is 1. The molecule has 0 N–H and O–H groups in total. The summed E-state index contributed by atoms with van der Waals surface area (Å²) in [4.78, 5) is 13.9. The maximum absolute atomic E-state index is 13.2. The molecule has 6 heteroatoms. The van der Waals surface area contributed by atoms with E-state index in [0.29, 0.717) is 16.9 Å². The summed E-state index contributed by atoms with van der Waals surface area (Å²) in [5.74, 6) is 0.0674. The summed E-state index contributed by atoms with van der Waals surface area (Å²) in [5, 5.41) is 0. The second-order valence-corrected chi connectivity index (χ2v) is 9.35. The van der Waals surface area contributed by atoms with E-state index in [9.17, 15) is 13.2 Å². The second kappa shape index (κ2) is 8.71. The molecule has 0 radical (unpaired) electrons. The van der Waals surface area contributed by atoms with Gasteiger partial charge >= 0.3 is 0 Å². The molecule has 5 nitrogen and oxygen atoms in total. The monoisotopic (exact) mass is 423 g/mol. The quantitative estimate of drug-likeness (QED) is 0.591. The Morgan fingerprint density at radius 2 is 1.63 bits per heavy atom. The lowest BCUT2D eigenvalue weighted by Gasteiger charge is -2.14. The Labute approximate surface area is 177 Å². The molecule has 0 aliphatic carbocycles. The van der Waals surface area contributed by atoms with Crippen LogP contribution >= 0.6 is 0 Å². The van der Waals surface area contributed by atoms with E-state index in [4.69, 9.17) is 4.74 Å². The summed E-state index contributed by atoms with van der Waals surface area (Å²) < 4.78 is 31.7. The van der Waals surface area contributed by atoms with Crippen molar-refractivity contribution < 1.29 is 17.9 Å².